The van der Waals surface area contributed by atoms with E-state index in [1.807, 2.05) is 24.3 Å². The summed E-state index contributed by atoms with van der Waals surface area (Å²) in [6.07, 6.45) is 0.841. The van der Waals surface area contributed by atoms with E-state index in [1.54, 1.807) is 14.0 Å². The van der Waals surface area contributed by atoms with E-state index >= 15 is 0 Å². The highest BCUT2D eigenvalue weighted by Crippen LogP contribution is 2.31. The fourth-order valence-corrected chi connectivity index (χ4v) is 3.45. The van der Waals surface area contributed by atoms with Crippen molar-refractivity contribution in [3.63, 3.8) is 0 Å². The minimum absolute atomic E-state index is 0. The van der Waals surface area contributed by atoms with Crippen LogP contribution < -0.4 is 21.3 Å². The van der Waals surface area contributed by atoms with Crippen LogP contribution in [0.1, 0.15) is 45.1 Å². The summed E-state index contributed by atoms with van der Waals surface area (Å²) in [5.74, 6) is 1.15. The molecule has 1 aliphatic heterocycles. The summed E-state index contributed by atoms with van der Waals surface area (Å²) in [7, 11) is 1.70. The molecule has 0 aromatic heterocycles. The Hall–Kier alpha value is -2.04. The molecule has 2 unspecified atom stereocenters. The summed E-state index contributed by atoms with van der Waals surface area (Å²) in [4.78, 5) is 28.0. The van der Waals surface area contributed by atoms with Gasteiger partial charge in [0.05, 0.1) is 6.61 Å². The number of rotatable bonds is 8. The first-order valence-corrected chi connectivity index (χ1v) is 10.2. The van der Waals surface area contributed by atoms with Gasteiger partial charge in [-0.15, -0.1) is 24.0 Å². The first-order valence-electron chi connectivity index (χ1n) is 10.2. The molecule has 1 heterocycles. The molecule has 0 spiro atoms. The van der Waals surface area contributed by atoms with E-state index in [9.17, 15) is 9.59 Å². The Bertz CT molecular complexity index is 726. The van der Waals surface area contributed by atoms with E-state index in [2.05, 4.69) is 40.1 Å². The molecule has 30 heavy (non-hydrogen) atoms. The number of carbonyl (C=O) groups excluding carboxylic acids is 2. The largest absolute Gasteiger partial charge is 0.450 e. The van der Waals surface area contributed by atoms with Gasteiger partial charge in [0.1, 0.15) is 0 Å². The summed E-state index contributed by atoms with van der Waals surface area (Å²) in [5.41, 5.74) is 1.99. The lowest BCUT2D eigenvalue weighted by Crippen LogP contribution is -2.48. The van der Waals surface area contributed by atoms with E-state index in [4.69, 9.17) is 4.74 Å². The van der Waals surface area contributed by atoms with Crippen LogP contribution in [0.5, 0.6) is 0 Å². The maximum Gasteiger partial charge on any atom is 0.407 e. The van der Waals surface area contributed by atoms with Crippen molar-refractivity contribution in [1.29, 1.82) is 0 Å². The Morgan fingerprint density at radius 2 is 2.03 bits per heavy atom. The zero-order chi connectivity index (χ0) is 21.2. The Labute approximate surface area is 196 Å². The Morgan fingerprint density at radius 3 is 2.70 bits per heavy atom. The molecule has 0 fully saturated rings. The molecule has 0 saturated carbocycles. The molecule has 2 rings (SSSR count). The average Bonchev–Trinajstić information content (AvgIpc) is 2.67. The van der Waals surface area contributed by atoms with Gasteiger partial charge in [-0.25, -0.2) is 4.79 Å². The number of alkyl carbamates (subject to hydrolysis) is 1. The predicted molar refractivity (Wildman–Crippen MR) is 131 cm³/mol. The van der Waals surface area contributed by atoms with Crippen molar-refractivity contribution < 1.29 is 14.3 Å². The third-order valence-electron chi connectivity index (χ3n) is 4.72. The summed E-state index contributed by atoms with van der Waals surface area (Å²) >= 11 is 0. The minimum Gasteiger partial charge on any atom is -0.450 e. The van der Waals surface area contributed by atoms with Crippen LogP contribution in [0, 0.1) is 5.92 Å². The number of benzene rings is 1. The van der Waals surface area contributed by atoms with Gasteiger partial charge in [0, 0.05) is 44.2 Å². The highest BCUT2D eigenvalue weighted by molar-refractivity contribution is 14.0. The van der Waals surface area contributed by atoms with Crippen LogP contribution >= 0.6 is 24.0 Å². The van der Waals surface area contributed by atoms with Gasteiger partial charge in [0.25, 0.3) is 0 Å². The van der Waals surface area contributed by atoms with E-state index < -0.39 is 6.09 Å². The lowest BCUT2D eigenvalue weighted by Gasteiger charge is -2.27. The monoisotopic (exact) mass is 531 g/mol. The Morgan fingerprint density at radius 1 is 1.30 bits per heavy atom. The molecule has 0 saturated heterocycles. The van der Waals surface area contributed by atoms with Crippen molar-refractivity contribution >= 4 is 47.6 Å². The van der Waals surface area contributed by atoms with Crippen molar-refractivity contribution in [2.45, 2.75) is 45.6 Å². The molecule has 1 aromatic rings. The number of para-hydroxylation sites is 1. The maximum atomic E-state index is 12.0. The van der Waals surface area contributed by atoms with Gasteiger partial charge in [0.15, 0.2) is 5.96 Å². The number of anilines is 1. The second-order valence-electron chi connectivity index (χ2n) is 7.56. The molecule has 9 heteroatoms. The lowest BCUT2D eigenvalue weighted by atomic mass is 9.90. The number of carbonyl (C=O) groups is 2. The number of halogens is 1. The minimum atomic E-state index is -0.410. The van der Waals surface area contributed by atoms with Crippen LogP contribution in [0.15, 0.2) is 29.3 Å². The number of fused-ring (bicyclic) bond motifs is 1. The number of hydrogen-bond donors (Lipinski definition) is 4. The van der Waals surface area contributed by atoms with Gasteiger partial charge < -0.3 is 26.0 Å². The molecule has 4 N–H and O–H groups in total. The topological polar surface area (TPSA) is 104 Å². The highest BCUT2D eigenvalue weighted by Gasteiger charge is 2.25. The van der Waals surface area contributed by atoms with E-state index in [0.717, 1.165) is 17.7 Å². The van der Waals surface area contributed by atoms with Gasteiger partial charge in [0.2, 0.25) is 5.91 Å². The van der Waals surface area contributed by atoms with Gasteiger partial charge in [-0.05, 0) is 30.9 Å². The normalized spacial score (nSPS) is 16.6. The molecular weight excluding hydrogens is 497 g/mol. The molecule has 1 aromatic carbocycles. The number of nitrogens with zero attached hydrogens (tertiary/aromatic N) is 1. The van der Waals surface area contributed by atoms with Crippen LogP contribution in [0.3, 0.4) is 0 Å². The first-order chi connectivity index (χ1) is 13.9. The third-order valence-corrected chi connectivity index (χ3v) is 4.72. The van der Waals surface area contributed by atoms with Crippen LogP contribution in [0.4, 0.5) is 10.5 Å². The standard InChI is InChI=1S/C21H33N5O3.HI/c1-5-29-21(28)25-16(10-14(2)3)13-24-20(22-4)23-12-15-11-19(27)26-18-9-7-6-8-17(15)18;/h6-9,14-16H,5,10-13H2,1-4H3,(H,25,28)(H,26,27)(H2,22,23,24);1H. The highest BCUT2D eigenvalue weighted by atomic mass is 127. The van der Waals surface area contributed by atoms with E-state index in [1.165, 1.54) is 0 Å². The third kappa shape index (κ3) is 8.37. The molecule has 0 radical (unpaired) electrons. The molecule has 1 aliphatic rings. The molecular formula is C21H34IN5O3. The fourth-order valence-electron chi connectivity index (χ4n) is 3.45. The Kier molecular flexibility index (Phi) is 11.5. The molecule has 8 nitrogen and oxygen atoms in total. The van der Waals surface area contributed by atoms with Gasteiger partial charge in [-0.2, -0.15) is 0 Å². The number of hydrogen-bond acceptors (Lipinski definition) is 4. The zero-order valence-electron chi connectivity index (χ0n) is 18.2. The first kappa shape index (κ1) is 26.0. The summed E-state index contributed by atoms with van der Waals surface area (Å²) in [6.45, 7) is 7.46. The molecule has 2 amide bonds. The van der Waals surface area contributed by atoms with Gasteiger partial charge in [-0.1, -0.05) is 32.0 Å². The summed E-state index contributed by atoms with van der Waals surface area (Å²) in [5, 5.41) is 12.4. The van der Waals surface area contributed by atoms with Gasteiger partial charge in [-0.3, -0.25) is 9.79 Å². The lowest BCUT2D eigenvalue weighted by molar-refractivity contribution is -0.116. The summed E-state index contributed by atoms with van der Waals surface area (Å²) in [6, 6.07) is 7.78. The quantitative estimate of drug-likeness (QED) is 0.235. The molecule has 0 bridgehead atoms. The van der Waals surface area contributed by atoms with Crippen molar-refractivity contribution in [1.82, 2.24) is 16.0 Å². The smallest absolute Gasteiger partial charge is 0.407 e. The van der Waals surface area contributed by atoms with E-state index in [-0.39, 0.29) is 41.8 Å². The second-order valence-corrected chi connectivity index (χ2v) is 7.56. The fraction of sp³-hybridized carbons (Fsp3) is 0.571. The van der Waals surface area contributed by atoms with Crippen molar-refractivity contribution in [2.75, 3.05) is 32.1 Å². The van der Waals surface area contributed by atoms with Gasteiger partial charge >= 0.3 is 6.09 Å². The zero-order valence-corrected chi connectivity index (χ0v) is 20.5. The average molecular weight is 531 g/mol. The number of amides is 2. The summed E-state index contributed by atoms with van der Waals surface area (Å²) < 4.78 is 5.00. The van der Waals surface area contributed by atoms with Crippen LogP contribution in [0.25, 0.3) is 0 Å². The van der Waals surface area contributed by atoms with E-state index in [0.29, 0.717) is 38.0 Å². The molecule has 2 atom stereocenters. The van der Waals surface area contributed by atoms with Crippen LogP contribution in [0.2, 0.25) is 0 Å². The number of aliphatic imine (C=N–C) groups is 1. The molecule has 0 aliphatic carbocycles. The van der Waals surface area contributed by atoms with Crippen molar-refractivity contribution in [3.05, 3.63) is 29.8 Å². The maximum absolute atomic E-state index is 12.0. The van der Waals surface area contributed by atoms with Crippen LogP contribution in [-0.2, 0) is 9.53 Å². The second kappa shape index (κ2) is 13.3. The van der Waals surface area contributed by atoms with Crippen LogP contribution in [-0.4, -0.2) is 50.7 Å². The number of guanidine groups is 1. The van der Waals surface area contributed by atoms with Crippen molar-refractivity contribution in [3.8, 4) is 0 Å². The van der Waals surface area contributed by atoms with Crippen molar-refractivity contribution in [2.24, 2.45) is 10.9 Å². The Balaban J connectivity index is 0.00000450. The number of ether oxygens (including phenoxy) is 1. The predicted octanol–water partition coefficient (Wildman–Crippen LogP) is 3.06. The molecule has 168 valence electrons. The number of nitrogens with one attached hydrogen (secondary N) is 4. The SMILES string of the molecule is CCOC(=O)NC(CNC(=NC)NCC1CC(=O)Nc2ccccc21)CC(C)C.I.